The third kappa shape index (κ3) is 6.76. The van der Waals surface area contributed by atoms with Gasteiger partial charge in [-0.25, -0.2) is 14.6 Å². The third-order valence-corrected chi connectivity index (χ3v) is 6.75. The van der Waals surface area contributed by atoms with Crippen molar-refractivity contribution in [3.05, 3.63) is 64.3 Å². The second-order valence-electron chi connectivity index (χ2n) is 8.07. The van der Waals surface area contributed by atoms with Gasteiger partial charge in [0, 0.05) is 40.2 Å². The van der Waals surface area contributed by atoms with Crippen LogP contribution in [0.5, 0.6) is 5.75 Å². The maximum absolute atomic E-state index is 13.1. The van der Waals surface area contributed by atoms with E-state index in [0.717, 1.165) is 39.9 Å². The van der Waals surface area contributed by atoms with E-state index >= 15 is 0 Å². The Morgan fingerprint density at radius 1 is 1.13 bits per heavy atom. The van der Waals surface area contributed by atoms with Crippen molar-refractivity contribution in [2.45, 2.75) is 26.4 Å². The third-order valence-electron chi connectivity index (χ3n) is 5.44. The van der Waals surface area contributed by atoms with Crippen LogP contribution in [0.3, 0.4) is 0 Å². The van der Waals surface area contributed by atoms with Crippen LogP contribution in [-0.4, -0.2) is 45.8 Å². The smallest absolute Gasteiger partial charge is 0.416 e. The first kappa shape index (κ1) is 29.7. The Kier molecular flexibility index (Phi) is 9.36. The molecular weight excluding hydrogens is 559 g/mol. The maximum atomic E-state index is 13.1. The predicted octanol–water partition coefficient (Wildman–Crippen LogP) is 7.05. The molecule has 0 saturated heterocycles. The summed E-state index contributed by atoms with van der Waals surface area (Å²) in [5, 5.41) is 17.4. The van der Waals surface area contributed by atoms with Gasteiger partial charge in [0.1, 0.15) is 5.75 Å². The van der Waals surface area contributed by atoms with E-state index in [1.165, 1.54) is 17.4 Å². The van der Waals surface area contributed by atoms with E-state index in [4.69, 9.17) is 41.1 Å². The number of hydrogen-bond acceptors (Lipinski definition) is 7. The van der Waals surface area contributed by atoms with Crippen LogP contribution in [0.25, 0.3) is 22.0 Å². The van der Waals surface area contributed by atoms with Crippen LogP contribution in [0, 0.1) is 6.92 Å². The number of aliphatic carboxylic acids is 2. The van der Waals surface area contributed by atoms with Gasteiger partial charge >= 0.3 is 18.1 Å². The van der Waals surface area contributed by atoms with Gasteiger partial charge in [-0.1, -0.05) is 24.6 Å². The van der Waals surface area contributed by atoms with Crippen molar-refractivity contribution in [1.82, 2.24) is 9.97 Å². The number of alkyl halides is 3. The second kappa shape index (κ2) is 12.3. The van der Waals surface area contributed by atoms with Gasteiger partial charge < -0.3 is 19.8 Å². The highest BCUT2D eigenvalue weighted by molar-refractivity contribution is 7.16. The highest BCUT2D eigenvalue weighted by Crippen LogP contribution is 2.44. The normalized spacial score (nSPS) is 11.1. The molecule has 0 atom stereocenters. The molecule has 13 heteroatoms. The summed E-state index contributed by atoms with van der Waals surface area (Å²) in [6, 6.07) is 9.14. The molecule has 4 aromatic rings. The van der Waals surface area contributed by atoms with Crippen molar-refractivity contribution in [3.8, 4) is 17.0 Å². The van der Waals surface area contributed by atoms with Crippen molar-refractivity contribution >= 4 is 56.5 Å². The first-order valence-electron chi connectivity index (χ1n) is 11.4. The number of carboxylic acid groups (broad SMARTS) is 2. The predicted molar refractivity (Wildman–Crippen MR) is 143 cm³/mol. The van der Waals surface area contributed by atoms with Gasteiger partial charge in [0.15, 0.2) is 5.13 Å². The van der Waals surface area contributed by atoms with Gasteiger partial charge in [-0.15, -0.1) is 11.3 Å². The van der Waals surface area contributed by atoms with E-state index in [9.17, 15) is 13.2 Å². The van der Waals surface area contributed by atoms with Crippen LogP contribution in [-0.2, 0) is 15.8 Å². The summed E-state index contributed by atoms with van der Waals surface area (Å²) in [6.07, 6.45) is -0.0828. The average Bonchev–Trinajstić information content (AvgIpc) is 3.27. The average molecular weight is 582 g/mol. The number of methoxy groups -OCH3 is 1. The Balaban J connectivity index is 0.000000631. The van der Waals surface area contributed by atoms with Gasteiger partial charge in [-0.05, 0) is 43.7 Å². The Bertz CT molecular complexity index is 1500. The number of nitrogens with zero attached hydrogens (tertiary/aromatic N) is 3. The van der Waals surface area contributed by atoms with E-state index in [-0.39, 0.29) is 5.02 Å². The number of ether oxygens (including phenoxy) is 1. The fraction of sp³-hybridized carbons (Fsp3) is 0.231. The molecule has 206 valence electrons. The zero-order chi connectivity index (χ0) is 28.9. The molecule has 0 aliphatic heterocycles. The second-order valence-corrected chi connectivity index (χ2v) is 9.66. The van der Waals surface area contributed by atoms with Gasteiger partial charge in [-0.2, -0.15) is 13.2 Å². The number of aromatic nitrogens is 2. The van der Waals surface area contributed by atoms with Gasteiger partial charge in [-0.3, -0.25) is 4.98 Å². The number of thiazole rings is 1. The van der Waals surface area contributed by atoms with Crippen LogP contribution < -0.4 is 9.64 Å². The van der Waals surface area contributed by atoms with Crippen molar-refractivity contribution in [2.24, 2.45) is 0 Å². The molecule has 39 heavy (non-hydrogen) atoms. The summed E-state index contributed by atoms with van der Waals surface area (Å²) in [5.41, 5.74) is 1.12. The molecule has 0 aliphatic carbocycles. The lowest BCUT2D eigenvalue weighted by molar-refractivity contribution is -0.159. The van der Waals surface area contributed by atoms with Crippen LogP contribution in [0.15, 0.2) is 48.8 Å². The molecule has 0 spiro atoms. The molecule has 2 aromatic heterocycles. The molecule has 4 rings (SSSR count). The van der Waals surface area contributed by atoms with Crippen LogP contribution >= 0.6 is 22.9 Å². The van der Waals surface area contributed by atoms with E-state index in [2.05, 4.69) is 16.8 Å². The molecule has 0 bridgehead atoms. The number of aryl methyl sites for hydroxylation is 1. The summed E-state index contributed by atoms with van der Waals surface area (Å²) in [7, 11) is 1.62. The van der Waals surface area contributed by atoms with Gasteiger partial charge in [0.25, 0.3) is 0 Å². The fourth-order valence-electron chi connectivity index (χ4n) is 3.73. The first-order valence-corrected chi connectivity index (χ1v) is 12.6. The molecule has 2 aromatic carbocycles. The van der Waals surface area contributed by atoms with Crippen molar-refractivity contribution in [2.75, 3.05) is 18.6 Å². The number of carboxylic acids is 2. The Labute approximate surface area is 230 Å². The van der Waals surface area contributed by atoms with Gasteiger partial charge in [0.2, 0.25) is 0 Å². The van der Waals surface area contributed by atoms with E-state index in [0.29, 0.717) is 28.7 Å². The molecule has 2 heterocycles. The van der Waals surface area contributed by atoms with Crippen LogP contribution in [0.4, 0.5) is 24.0 Å². The number of anilines is 2. The maximum Gasteiger partial charge on any atom is 0.416 e. The molecule has 0 aliphatic rings. The number of benzene rings is 2. The molecular formula is C26H23ClF3N3O5S. The molecule has 0 unspecified atom stereocenters. The molecule has 0 radical (unpaired) electrons. The largest absolute Gasteiger partial charge is 0.495 e. The lowest BCUT2D eigenvalue weighted by Crippen LogP contribution is -2.19. The number of rotatable bonds is 6. The SMILES string of the molecule is CCCN(c1nc(-c2ccc(C(F)(F)F)cc2Cl)c(C)s1)c1c(OC)ccc2cnccc12.O=C(O)C(=O)O. The van der Waals surface area contributed by atoms with Gasteiger partial charge in [0.05, 0.1) is 29.1 Å². The van der Waals surface area contributed by atoms with E-state index in [1.54, 1.807) is 19.5 Å². The Hall–Kier alpha value is -3.90. The number of fused-ring (bicyclic) bond motifs is 1. The number of halogens is 4. The number of carbonyl (C=O) groups is 2. The highest BCUT2D eigenvalue weighted by Gasteiger charge is 2.31. The zero-order valence-corrected chi connectivity index (χ0v) is 22.5. The number of hydrogen-bond donors (Lipinski definition) is 2. The summed E-state index contributed by atoms with van der Waals surface area (Å²) < 4.78 is 44.9. The zero-order valence-electron chi connectivity index (χ0n) is 20.9. The highest BCUT2D eigenvalue weighted by atomic mass is 35.5. The quantitative estimate of drug-likeness (QED) is 0.233. The minimum absolute atomic E-state index is 0.0145. The lowest BCUT2D eigenvalue weighted by atomic mass is 10.1. The molecule has 0 amide bonds. The van der Waals surface area contributed by atoms with Crippen molar-refractivity contribution in [1.29, 1.82) is 0 Å². The Morgan fingerprint density at radius 3 is 2.38 bits per heavy atom. The summed E-state index contributed by atoms with van der Waals surface area (Å²) in [4.78, 5) is 30.2. The lowest BCUT2D eigenvalue weighted by Gasteiger charge is -2.25. The standard InChI is InChI=1S/C24H21ClF3N3OS.C2H2O4/c1-4-11-31(22-17-9-10-29-13-15(17)5-8-20(22)32-3)23-30-21(14(2)33-23)18-7-6-16(12-19(18)25)24(26,27)28;3-1(4)2(5)6/h5-10,12-13H,4,11H2,1-3H3;(H,3,4)(H,5,6). The van der Waals surface area contributed by atoms with Crippen LogP contribution in [0.2, 0.25) is 5.02 Å². The summed E-state index contributed by atoms with van der Waals surface area (Å²) in [5.74, 6) is -2.95. The van der Waals surface area contributed by atoms with E-state index < -0.39 is 23.7 Å². The molecule has 2 N–H and O–H groups in total. The van der Waals surface area contributed by atoms with Crippen molar-refractivity contribution in [3.63, 3.8) is 0 Å². The molecule has 0 fully saturated rings. The monoisotopic (exact) mass is 581 g/mol. The van der Waals surface area contributed by atoms with Crippen molar-refractivity contribution < 1.29 is 37.7 Å². The minimum atomic E-state index is -4.46. The fourth-order valence-corrected chi connectivity index (χ4v) is 4.96. The first-order chi connectivity index (χ1) is 18.4. The topological polar surface area (TPSA) is 113 Å². The molecule has 8 nitrogen and oxygen atoms in total. The minimum Gasteiger partial charge on any atom is -0.495 e. The molecule has 0 saturated carbocycles. The Morgan fingerprint density at radius 2 is 1.82 bits per heavy atom. The van der Waals surface area contributed by atoms with Crippen LogP contribution in [0.1, 0.15) is 23.8 Å². The number of pyridine rings is 1. The summed E-state index contributed by atoms with van der Waals surface area (Å²) >= 11 is 7.72. The summed E-state index contributed by atoms with van der Waals surface area (Å²) in [6.45, 7) is 4.63. The van der Waals surface area contributed by atoms with E-state index in [1.807, 2.05) is 25.1 Å².